The molecule has 2 nitrogen and oxygen atoms in total. The summed E-state index contributed by atoms with van der Waals surface area (Å²) in [6.07, 6.45) is 0. The Bertz CT molecular complexity index is 397. The van der Waals surface area contributed by atoms with E-state index in [0.29, 0.717) is 17.1 Å². The van der Waals surface area contributed by atoms with Gasteiger partial charge in [-0.15, -0.1) is 0 Å². The molecule has 2 rings (SSSR count). The zero-order valence-electron chi connectivity index (χ0n) is 12.2. The summed E-state index contributed by atoms with van der Waals surface area (Å²) in [5, 5.41) is 3.80. The molecule has 0 aliphatic carbocycles. The number of hydrogen-bond acceptors (Lipinski definition) is 2. The first kappa shape index (κ1) is 13.8. The summed E-state index contributed by atoms with van der Waals surface area (Å²) < 4.78 is 6.25. The van der Waals surface area contributed by atoms with Crippen molar-refractivity contribution in [2.24, 2.45) is 0 Å². The van der Waals surface area contributed by atoms with E-state index in [-0.39, 0.29) is 0 Å². The molecule has 0 amide bonds. The Morgan fingerprint density at radius 3 is 2.33 bits per heavy atom. The normalized spacial score (nSPS) is 24.1. The quantitative estimate of drug-likeness (QED) is 0.663. The van der Waals surface area contributed by atoms with Gasteiger partial charge in [0.25, 0.3) is 0 Å². The van der Waals surface area contributed by atoms with Crippen LogP contribution in [0.15, 0.2) is 30.3 Å². The van der Waals surface area contributed by atoms with E-state index in [1.807, 2.05) is 0 Å². The average molecular weight is 263 g/mol. The van der Waals surface area contributed by atoms with E-state index in [0.717, 1.165) is 6.61 Å². The summed E-state index contributed by atoms with van der Waals surface area (Å²) >= 11 is 0. The lowest BCUT2D eigenvalue weighted by atomic mass is 10.1. The first-order valence-corrected chi connectivity index (χ1v) is 9.67. The molecule has 100 valence electrons. The minimum atomic E-state index is -1.60. The van der Waals surface area contributed by atoms with E-state index in [9.17, 15) is 0 Å². The Labute approximate surface area is 112 Å². The van der Waals surface area contributed by atoms with Gasteiger partial charge in [0.2, 0.25) is 0 Å². The van der Waals surface area contributed by atoms with Crippen LogP contribution in [0.1, 0.15) is 32.4 Å². The molecule has 1 aromatic rings. The summed E-state index contributed by atoms with van der Waals surface area (Å²) in [7, 11) is -1.60. The maximum atomic E-state index is 6.25. The van der Waals surface area contributed by atoms with Gasteiger partial charge in [0, 0.05) is 6.04 Å². The molecule has 2 atom stereocenters. The third kappa shape index (κ3) is 3.02. The highest BCUT2D eigenvalue weighted by Crippen LogP contribution is 2.38. The second kappa shape index (κ2) is 4.80. The third-order valence-corrected chi connectivity index (χ3v) is 8.78. The van der Waals surface area contributed by atoms with Gasteiger partial charge in [-0.2, -0.15) is 0 Å². The highest BCUT2D eigenvalue weighted by Gasteiger charge is 2.42. The molecule has 0 aromatic heterocycles. The van der Waals surface area contributed by atoms with Crippen LogP contribution in [0.3, 0.4) is 0 Å². The molecule has 1 fully saturated rings. The fourth-order valence-corrected chi connectivity index (χ4v) is 2.85. The summed E-state index contributed by atoms with van der Waals surface area (Å²) in [5.41, 5.74) is 1.38. The SMILES string of the molecule is CC(C)(C)[Si](C)(C)OC[C@@H]1N[C@@H]1c1ccccc1. The van der Waals surface area contributed by atoms with E-state index in [1.165, 1.54) is 5.56 Å². The Hall–Kier alpha value is -0.643. The predicted octanol–water partition coefficient (Wildman–Crippen LogP) is 3.72. The minimum absolute atomic E-state index is 0.296. The summed E-state index contributed by atoms with van der Waals surface area (Å²) in [5.74, 6) is 0. The van der Waals surface area contributed by atoms with Crippen molar-refractivity contribution in [3.63, 3.8) is 0 Å². The molecule has 18 heavy (non-hydrogen) atoms. The predicted molar refractivity (Wildman–Crippen MR) is 79.3 cm³/mol. The number of hydrogen-bond donors (Lipinski definition) is 1. The second-order valence-corrected chi connectivity index (χ2v) is 11.5. The van der Waals surface area contributed by atoms with Crippen LogP contribution in [-0.2, 0) is 4.43 Å². The number of rotatable bonds is 4. The van der Waals surface area contributed by atoms with Crippen molar-refractivity contribution in [3.8, 4) is 0 Å². The van der Waals surface area contributed by atoms with Gasteiger partial charge in [-0.05, 0) is 23.7 Å². The molecule has 0 unspecified atom stereocenters. The topological polar surface area (TPSA) is 31.2 Å². The lowest BCUT2D eigenvalue weighted by Gasteiger charge is -2.36. The Kier molecular flexibility index (Phi) is 3.67. The summed E-state index contributed by atoms with van der Waals surface area (Å²) in [6.45, 7) is 12.3. The maximum Gasteiger partial charge on any atom is 0.192 e. The van der Waals surface area contributed by atoms with Crippen LogP contribution in [0, 0.1) is 0 Å². The van der Waals surface area contributed by atoms with Crippen LogP contribution in [0.4, 0.5) is 0 Å². The first-order valence-electron chi connectivity index (χ1n) is 6.76. The average Bonchev–Trinajstić information content (AvgIpc) is 3.06. The van der Waals surface area contributed by atoms with Gasteiger partial charge in [-0.3, -0.25) is 0 Å². The van der Waals surface area contributed by atoms with Crippen LogP contribution >= 0.6 is 0 Å². The van der Waals surface area contributed by atoms with Crippen LogP contribution in [-0.4, -0.2) is 21.0 Å². The number of nitrogens with one attached hydrogen (secondary N) is 1. The molecule has 1 aliphatic rings. The van der Waals surface area contributed by atoms with Gasteiger partial charge < -0.3 is 9.74 Å². The molecule has 1 saturated heterocycles. The smallest absolute Gasteiger partial charge is 0.192 e. The highest BCUT2D eigenvalue weighted by atomic mass is 28.4. The van der Waals surface area contributed by atoms with Crippen molar-refractivity contribution < 1.29 is 4.43 Å². The maximum absolute atomic E-state index is 6.25. The minimum Gasteiger partial charge on any atom is -0.415 e. The Morgan fingerprint density at radius 2 is 1.78 bits per heavy atom. The van der Waals surface area contributed by atoms with Crippen molar-refractivity contribution in [1.29, 1.82) is 0 Å². The molecule has 0 bridgehead atoms. The lowest BCUT2D eigenvalue weighted by molar-refractivity contribution is 0.287. The highest BCUT2D eigenvalue weighted by molar-refractivity contribution is 6.74. The van der Waals surface area contributed by atoms with Crippen molar-refractivity contribution in [2.75, 3.05) is 6.61 Å². The van der Waals surface area contributed by atoms with Crippen LogP contribution in [0.25, 0.3) is 0 Å². The first-order chi connectivity index (χ1) is 8.31. The summed E-state index contributed by atoms with van der Waals surface area (Å²) in [6, 6.07) is 11.6. The lowest BCUT2D eigenvalue weighted by Crippen LogP contribution is -2.41. The van der Waals surface area contributed by atoms with Gasteiger partial charge in [0.1, 0.15) is 0 Å². The summed E-state index contributed by atoms with van der Waals surface area (Å²) in [4.78, 5) is 0. The number of benzene rings is 1. The fourth-order valence-electron chi connectivity index (χ4n) is 1.82. The van der Waals surface area contributed by atoms with E-state index >= 15 is 0 Å². The molecule has 1 N–H and O–H groups in total. The van der Waals surface area contributed by atoms with Gasteiger partial charge in [0.15, 0.2) is 8.32 Å². The molecular weight excluding hydrogens is 238 g/mol. The van der Waals surface area contributed by atoms with E-state index < -0.39 is 8.32 Å². The van der Waals surface area contributed by atoms with Crippen LogP contribution < -0.4 is 5.32 Å². The standard InChI is InChI=1S/C15H25NOSi/c1-15(2,3)18(4,5)17-11-13-14(16-13)12-9-7-6-8-10-12/h6-10,13-14,16H,11H2,1-5H3/t13-,14+/m0/s1. The zero-order chi connectivity index (χ0) is 13.4. The molecule has 3 heteroatoms. The molecule has 1 aliphatic heterocycles. The van der Waals surface area contributed by atoms with Crippen molar-refractivity contribution >= 4 is 8.32 Å². The molecule has 0 spiro atoms. The second-order valence-electron chi connectivity index (χ2n) is 6.73. The zero-order valence-corrected chi connectivity index (χ0v) is 13.2. The van der Waals surface area contributed by atoms with Gasteiger partial charge in [0.05, 0.1) is 12.6 Å². The molecular formula is C15H25NOSi. The van der Waals surface area contributed by atoms with E-state index in [1.54, 1.807) is 0 Å². The van der Waals surface area contributed by atoms with Gasteiger partial charge in [-0.1, -0.05) is 51.1 Å². The van der Waals surface area contributed by atoms with E-state index in [2.05, 4.69) is 69.5 Å². The molecule has 0 radical (unpaired) electrons. The molecule has 0 saturated carbocycles. The molecule has 1 heterocycles. The van der Waals surface area contributed by atoms with Crippen LogP contribution in [0.5, 0.6) is 0 Å². The van der Waals surface area contributed by atoms with Crippen molar-refractivity contribution in [1.82, 2.24) is 5.32 Å². The van der Waals surface area contributed by atoms with Crippen LogP contribution in [0.2, 0.25) is 18.1 Å². The van der Waals surface area contributed by atoms with Gasteiger partial charge >= 0.3 is 0 Å². The molecule has 1 aromatic carbocycles. The Morgan fingerprint density at radius 1 is 1.17 bits per heavy atom. The van der Waals surface area contributed by atoms with Crippen molar-refractivity contribution in [3.05, 3.63) is 35.9 Å². The van der Waals surface area contributed by atoms with Gasteiger partial charge in [-0.25, -0.2) is 0 Å². The van der Waals surface area contributed by atoms with E-state index in [4.69, 9.17) is 4.43 Å². The largest absolute Gasteiger partial charge is 0.415 e. The fraction of sp³-hybridized carbons (Fsp3) is 0.600. The van der Waals surface area contributed by atoms with Crippen molar-refractivity contribution in [2.45, 2.75) is 51.0 Å². The third-order valence-electron chi connectivity index (χ3n) is 4.28. The Balaban J connectivity index is 1.85. The monoisotopic (exact) mass is 263 g/mol.